The number of piperazine rings is 1. The molecule has 1 heterocycles. The molecule has 0 saturated carbocycles. The number of benzene rings is 1. The van der Waals surface area contributed by atoms with Crippen molar-refractivity contribution >= 4 is 28.2 Å². The molecule has 0 unspecified atom stereocenters. The molecular formula is C14H18BrN3. The summed E-state index contributed by atoms with van der Waals surface area (Å²) in [7, 11) is 2.15. The van der Waals surface area contributed by atoms with Crippen LogP contribution in [0.25, 0.3) is 6.08 Å². The van der Waals surface area contributed by atoms with Crippen molar-refractivity contribution in [1.29, 1.82) is 0 Å². The predicted molar refractivity (Wildman–Crippen MR) is 80.9 cm³/mol. The first-order valence-corrected chi connectivity index (χ1v) is 6.93. The first kappa shape index (κ1) is 13.3. The van der Waals surface area contributed by atoms with E-state index in [1.807, 2.05) is 24.4 Å². The first-order valence-electron chi connectivity index (χ1n) is 6.14. The van der Waals surface area contributed by atoms with E-state index in [9.17, 15) is 0 Å². The predicted octanol–water partition coefficient (Wildman–Crippen LogP) is 2.66. The molecule has 0 aromatic heterocycles. The van der Waals surface area contributed by atoms with Gasteiger partial charge in [-0.15, -0.1) is 0 Å². The van der Waals surface area contributed by atoms with Gasteiger partial charge in [0, 0.05) is 30.7 Å². The Balaban J connectivity index is 1.91. The van der Waals surface area contributed by atoms with Gasteiger partial charge in [0.15, 0.2) is 0 Å². The molecule has 1 aliphatic rings. The highest BCUT2D eigenvalue weighted by Gasteiger charge is 2.10. The first-order chi connectivity index (χ1) is 8.74. The van der Waals surface area contributed by atoms with Crippen LogP contribution in [-0.4, -0.2) is 49.4 Å². The zero-order valence-corrected chi connectivity index (χ0v) is 12.2. The third kappa shape index (κ3) is 4.27. The second-order valence-electron chi connectivity index (χ2n) is 4.44. The molecule has 0 aliphatic carbocycles. The van der Waals surface area contributed by atoms with E-state index in [4.69, 9.17) is 0 Å². The number of hydrogen-bond donors (Lipinski definition) is 0. The SMILES string of the molecule is CN1CCN(/N=C\C(Br)=C/c2ccccc2)CC1. The third-order valence-corrected chi connectivity index (χ3v) is 3.36. The van der Waals surface area contributed by atoms with Gasteiger partial charge in [-0.25, -0.2) is 0 Å². The minimum absolute atomic E-state index is 0.993. The van der Waals surface area contributed by atoms with Crippen LogP contribution in [0.15, 0.2) is 39.9 Å². The topological polar surface area (TPSA) is 18.8 Å². The fourth-order valence-electron chi connectivity index (χ4n) is 1.79. The van der Waals surface area contributed by atoms with Crippen molar-refractivity contribution in [3.63, 3.8) is 0 Å². The van der Waals surface area contributed by atoms with Crippen molar-refractivity contribution in [3.8, 4) is 0 Å². The van der Waals surface area contributed by atoms with Crippen LogP contribution in [-0.2, 0) is 0 Å². The lowest BCUT2D eigenvalue weighted by atomic mass is 10.2. The number of nitrogens with zero attached hydrogens (tertiary/aromatic N) is 3. The van der Waals surface area contributed by atoms with E-state index in [1.165, 1.54) is 5.56 Å². The zero-order chi connectivity index (χ0) is 12.8. The van der Waals surface area contributed by atoms with Crippen LogP contribution in [0, 0.1) is 0 Å². The second kappa shape index (κ2) is 6.71. The number of rotatable bonds is 3. The van der Waals surface area contributed by atoms with Crippen LogP contribution >= 0.6 is 15.9 Å². The fourth-order valence-corrected chi connectivity index (χ4v) is 2.15. The summed E-state index contributed by atoms with van der Waals surface area (Å²) in [5.41, 5.74) is 1.18. The van der Waals surface area contributed by atoms with Crippen LogP contribution in [0.5, 0.6) is 0 Å². The quantitative estimate of drug-likeness (QED) is 0.800. The molecule has 4 heteroatoms. The molecule has 1 aromatic rings. The number of likely N-dealkylation sites (N-methyl/N-ethyl adjacent to an activating group) is 1. The van der Waals surface area contributed by atoms with Gasteiger partial charge in [0.25, 0.3) is 0 Å². The molecule has 0 radical (unpaired) electrons. The maximum Gasteiger partial charge on any atom is 0.0612 e. The van der Waals surface area contributed by atoms with Gasteiger partial charge in [-0.3, -0.25) is 5.01 Å². The van der Waals surface area contributed by atoms with Crippen LogP contribution in [0.2, 0.25) is 0 Å². The number of allylic oxidation sites excluding steroid dienone is 1. The van der Waals surface area contributed by atoms with E-state index in [-0.39, 0.29) is 0 Å². The smallest absolute Gasteiger partial charge is 0.0612 e. The summed E-state index contributed by atoms with van der Waals surface area (Å²) < 4.78 is 0.993. The van der Waals surface area contributed by atoms with Gasteiger partial charge >= 0.3 is 0 Å². The van der Waals surface area contributed by atoms with Gasteiger partial charge in [0.2, 0.25) is 0 Å². The molecule has 1 saturated heterocycles. The Labute approximate surface area is 117 Å². The van der Waals surface area contributed by atoms with Crippen molar-refractivity contribution in [2.75, 3.05) is 33.2 Å². The van der Waals surface area contributed by atoms with Gasteiger partial charge < -0.3 is 4.90 Å². The van der Waals surface area contributed by atoms with Crippen molar-refractivity contribution in [3.05, 3.63) is 40.4 Å². The zero-order valence-electron chi connectivity index (χ0n) is 10.6. The lowest BCUT2D eigenvalue weighted by Gasteiger charge is -2.30. The lowest BCUT2D eigenvalue weighted by Crippen LogP contribution is -2.41. The van der Waals surface area contributed by atoms with Crippen LogP contribution in [0.4, 0.5) is 0 Å². The molecule has 1 fully saturated rings. The number of hydrazone groups is 1. The molecule has 1 aromatic carbocycles. The average molecular weight is 308 g/mol. The highest BCUT2D eigenvalue weighted by Crippen LogP contribution is 2.10. The minimum atomic E-state index is 0.993. The number of hydrogen-bond acceptors (Lipinski definition) is 3. The van der Waals surface area contributed by atoms with Crippen LogP contribution < -0.4 is 0 Å². The minimum Gasteiger partial charge on any atom is -0.303 e. The van der Waals surface area contributed by atoms with E-state index < -0.39 is 0 Å². The maximum atomic E-state index is 4.48. The van der Waals surface area contributed by atoms with Crippen molar-refractivity contribution in [2.24, 2.45) is 5.10 Å². The second-order valence-corrected chi connectivity index (χ2v) is 5.36. The van der Waals surface area contributed by atoms with E-state index in [2.05, 4.69) is 56.2 Å². The normalized spacial score (nSPS) is 18.6. The van der Waals surface area contributed by atoms with Crippen LogP contribution in [0.1, 0.15) is 5.56 Å². The summed E-state index contributed by atoms with van der Waals surface area (Å²) >= 11 is 3.53. The molecule has 2 rings (SSSR count). The van der Waals surface area contributed by atoms with E-state index >= 15 is 0 Å². The molecule has 96 valence electrons. The summed E-state index contributed by atoms with van der Waals surface area (Å²) in [6.07, 6.45) is 3.94. The molecule has 3 nitrogen and oxygen atoms in total. The van der Waals surface area contributed by atoms with Crippen molar-refractivity contribution in [2.45, 2.75) is 0 Å². The van der Waals surface area contributed by atoms with Gasteiger partial charge in [0.1, 0.15) is 0 Å². The van der Waals surface area contributed by atoms with Crippen LogP contribution in [0.3, 0.4) is 0 Å². The Hall–Kier alpha value is -1.13. The van der Waals surface area contributed by atoms with Gasteiger partial charge in [0.05, 0.1) is 6.21 Å². The summed E-state index contributed by atoms with van der Waals surface area (Å²) in [6, 6.07) is 10.2. The Morgan fingerprint density at radius 1 is 1.17 bits per heavy atom. The van der Waals surface area contributed by atoms with Crippen molar-refractivity contribution in [1.82, 2.24) is 9.91 Å². The molecule has 1 aliphatic heterocycles. The Morgan fingerprint density at radius 2 is 1.83 bits per heavy atom. The summed E-state index contributed by atoms with van der Waals surface area (Å²) in [6.45, 7) is 4.16. The molecule has 0 amide bonds. The molecule has 0 bridgehead atoms. The molecule has 0 N–H and O–H groups in total. The molecule has 0 atom stereocenters. The van der Waals surface area contributed by atoms with Gasteiger partial charge in [-0.05, 0) is 34.6 Å². The van der Waals surface area contributed by atoms with E-state index in [0.29, 0.717) is 0 Å². The molecular weight excluding hydrogens is 290 g/mol. The summed E-state index contributed by atoms with van der Waals surface area (Å²) in [5, 5.41) is 6.59. The number of halogens is 1. The lowest BCUT2D eigenvalue weighted by molar-refractivity contribution is 0.159. The average Bonchev–Trinajstić information content (AvgIpc) is 2.39. The Bertz CT molecular complexity index is 420. The molecule has 18 heavy (non-hydrogen) atoms. The van der Waals surface area contributed by atoms with Gasteiger partial charge in [-0.2, -0.15) is 5.10 Å². The Morgan fingerprint density at radius 3 is 2.50 bits per heavy atom. The third-order valence-electron chi connectivity index (χ3n) is 2.93. The largest absolute Gasteiger partial charge is 0.303 e. The highest BCUT2D eigenvalue weighted by atomic mass is 79.9. The maximum absolute atomic E-state index is 4.48. The van der Waals surface area contributed by atoms with E-state index in [1.54, 1.807) is 0 Å². The highest BCUT2D eigenvalue weighted by molar-refractivity contribution is 9.12. The van der Waals surface area contributed by atoms with Crippen molar-refractivity contribution < 1.29 is 0 Å². The molecule has 0 spiro atoms. The monoisotopic (exact) mass is 307 g/mol. The standard InChI is InChI=1S/C14H18BrN3/c1-17-7-9-18(10-8-17)16-12-14(15)11-13-5-3-2-4-6-13/h2-6,11-12H,7-10H2,1H3/b14-11+,16-12-. The fraction of sp³-hybridized carbons (Fsp3) is 0.357. The summed E-state index contributed by atoms with van der Waals surface area (Å²) in [5.74, 6) is 0. The Kier molecular flexibility index (Phi) is 4.96. The van der Waals surface area contributed by atoms with Gasteiger partial charge in [-0.1, -0.05) is 30.3 Å². The van der Waals surface area contributed by atoms with E-state index in [0.717, 1.165) is 30.7 Å². The summed E-state index contributed by atoms with van der Waals surface area (Å²) in [4.78, 5) is 2.32.